The van der Waals surface area contributed by atoms with Gasteiger partial charge in [0, 0.05) is 13.1 Å². The van der Waals surface area contributed by atoms with Gasteiger partial charge < -0.3 is 5.73 Å². The van der Waals surface area contributed by atoms with Gasteiger partial charge in [0.2, 0.25) is 0 Å². The van der Waals surface area contributed by atoms with Crippen LogP contribution in [0.2, 0.25) is 0 Å². The zero-order chi connectivity index (χ0) is 10.1. The zero-order valence-electron chi connectivity index (χ0n) is 8.12. The molecule has 0 saturated carbocycles. The summed E-state index contributed by atoms with van der Waals surface area (Å²) in [5.74, 6) is 0. The highest BCUT2D eigenvalue weighted by Crippen LogP contribution is 2.12. The number of aryl methyl sites for hydroxylation is 1. The van der Waals surface area contributed by atoms with Crippen LogP contribution in [0.1, 0.15) is 18.7 Å². The van der Waals surface area contributed by atoms with Gasteiger partial charge in [-0.05, 0) is 6.92 Å². The van der Waals surface area contributed by atoms with Crippen LogP contribution in [0.15, 0.2) is 18.6 Å². The Morgan fingerprint density at radius 1 is 1.43 bits per heavy atom. The number of nitrogens with zero attached hydrogens (tertiary/aromatic N) is 5. The van der Waals surface area contributed by atoms with Gasteiger partial charge in [-0.15, -0.1) is 5.10 Å². The summed E-state index contributed by atoms with van der Waals surface area (Å²) >= 11 is 0. The van der Waals surface area contributed by atoms with Crippen LogP contribution in [0.3, 0.4) is 0 Å². The third-order valence-electron chi connectivity index (χ3n) is 1.98. The van der Waals surface area contributed by atoms with Crippen LogP contribution in [-0.2, 0) is 7.05 Å². The van der Waals surface area contributed by atoms with Crippen LogP contribution in [0.4, 0.5) is 0 Å². The normalized spacial score (nSPS) is 13.1. The van der Waals surface area contributed by atoms with E-state index in [0.29, 0.717) is 0 Å². The number of aromatic nitrogens is 5. The smallest absolute Gasteiger partial charge is 0.105 e. The minimum atomic E-state index is -0.0924. The summed E-state index contributed by atoms with van der Waals surface area (Å²) in [6, 6.07) is -0.0924. The predicted molar refractivity (Wildman–Crippen MR) is 50.7 cm³/mol. The van der Waals surface area contributed by atoms with E-state index >= 15 is 0 Å². The summed E-state index contributed by atoms with van der Waals surface area (Å²) in [6.07, 6.45) is 5.25. The van der Waals surface area contributed by atoms with E-state index in [0.717, 1.165) is 11.4 Å². The van der Waals surface area contributed by atoms with E-state index in [1.54, 1.807) is 21.8 Å². The first-order valence-electron chi connectivity index (χ1n) is 4.33. The van der Waals surface area contributed by atoms with Crippen molar-refractivity contribution < 1.29 is 0 Å². The van der Waals surface area contributed by atoms with Crippen LogP contribution < -0.4 is 5.73 Å². The molecule has 74 valence electrons. The van der Waals surface area contributed by atoms with Gasteiger partial charge >= 0.3 is 0 Å². The molecule has 0 fully saturated rings. The highest BCUT2D eigenvalue weighted by Gasteiger charge is 2.10. The van der Waals surface area contributed by atoms with Gasteiger partial charge in [0.1, 0.15) is 5.69 Å². The summed E-state index contributed by atoms with van der Waals surface area (Å²) in [5, 5.41) is 11.8. The molecule has 6 nitrogen and oxygen atoms in total. The minimum absolute atomic E-state index is 0.0924. The largest absolute Gasteiger partial charge is 0.323 e. The molecular formula is C8H12N6. The Bertz CT molecular complexity index is 426. The van der Waals surface area contributed by atoms with Crippen LogP contribution in [0.25, 0.3) is 5.69 Å². The van der Waals surface area contributed by atoms with E-state index in [1.165, 1.54) is 0 Å². The predicted octanol–water partition coefficient (Wildman–Crippen LogP) is 0.0205. The Kier molecular flexibility index (Phi) is 2.05. The third-order valence-corrected chi connectivity index (χ3v) is 1.98. The number of nitrogens with two attached hydrogens (primary N) is 1. The van der Waals surface area contributed by atoms with Crippen molar-refractivity contribution in [2.45, 2.75) is 13.0 Å². The van der Waals surface area contributed by atoms with E-state index < -0.39 is 0 Å². The van der Waals surface area contributed by atoms with E-state index in [4.69, 9.17) is 5.73 Å². The monoisotopic (exact) mass is 192 g/mol. The van der Waals surface area contributed by atoms with Crippen molar-refractivity contribution >= 4 is 0 Å². The maximum Gasteiger partial charge on any atom is 0.105 e. The first kappa shape index (κ1) is 8.89. The first-order valence-corrected chi connectivity index (χ1v) is 4.33. The first-order chi connectivity index (χ1) is 6.68. The summed E-state index contributed by atoms with van der Waals surface area (Å²) < 4.78 is 3.40. The number of hydrogen-bond acceptors (Lipinski definition) is 4. The average molecular weight is 192 g/mol. The minimum Gasteiger partial charge on any atom is -0.323 e. The van der Waals surface area contributed by atoms with Crippen molar-refractivity contribution in [2.75, 3.05) is 0 Å². The van der Waals surface area contributed by atoms with Gasteiger partial charge in [0.25, 0.3) is 0 Å². The quantitative estimate of drug-likeness (QED) is 0.728. The van der Waals surface area contributed by atoms with Crippen molar-refractivity contribution in [3.63, 3.8) is 0 Å². The molecule has 1 atom stereocenters. The van der Waals surface area contributed by atoms with Crippen molar-refractivity contribution in [2.24, 2.45) is 12.8 Å². The van der Waals surface area contributed by atoms with Gasteiger partial charge in [-0.1, -0.05) is 5.21 Å². The average Bonchev–Trinajstić information content (AvgIpc) is 2.70. The summed E-state index contributed by atoms with van der Waals surface area (Å²) in [7, 11) is 1.85. The molecule has 0 amide bonds. The van der Waals surface area contributed by atoms with Gasteiger partial charge in [-0.3, -0.25) is 4.68 Å². The lowest BCUT2D eigenvalue weighted by Gasteiger charge is -2.05. The zero-order valence-corrected chi connectivity index (χ0v) is 8.12. The fourth-order valence-electron chi connectivity index (χ4n) is 1.27. The molecular weight excluding hydrogens is 180 g/mol. The molecule has 0 bridgehead atoms. The van der Waals surface area contributed by atoms with E-state index in [-0.39, 0.29) is 6.04 Å². The Morgan fingerprint density at radius 2 is 2.21 bits per heavy atom. The van der Waals surface area contributed by atoms with E-state index in [9.17, 15) is 0 Å². The molecule has 0 spiro atoms. The standard InChI is InChI=1S/C8H12N6/c1-6(9)8-4-10-12-14(8)7-3-11-13(2)5-7/h3-6H,9H2,1-2H3/t6-/m1/s1. The van der Waals surface area contributed by atoms with Gasteiger partial charge in [0.15, 0.2) is 0 Å². The van der Waals surface area contributed by atoms with Gasteiger partial charge in [-0.25, -0.2) is 4.68 Å². The molecule has 2 aromatic heterocycles. The van der Waals surface area contributed by atoms with Gasteiger partial charge in [-0.2, -0.15) is 5.10 Å². The van der Waals surface area contributed by atoms with Crippen LogP contribution in [-0.4, -0.2) is 24.8 Å². The summed E-state index contributed by atoms with van der Waals surface area (Å²) in [4.78, 5) is 0. The molecule has 0 aliphatic heterocycles. The second kappa shape index (κ2) is 3.22. The Labute approximate surface area is 81.3 Å². The Balaban J connectivity index is 2.46. The topological polar surface area (TPSA) is 74.6 Å². The van der Waals surface area contributed by atoms with Crippen molar-refractivity contribution in [3.05, 3.63) is 24.3 Å². The molecule has 2 N–H and O–H groups in total. The molecule has 0 aliphatic carbocycles. The van der Waals surface area contributed by atoms with Crippen LogP contribution >= 0.6 is 0 Å². The fraction of sp³-hybridized carbons (Fsp3) is 0.375. The maximum absolute atomic E-state index is 5.78. The van der Waals surface area contributed by atoms with E-state index in [1.807, 2.05) is 20.2 Å². The second-order valence-corrected chi connectivity index (χ2v) is 3.23. The molecule has 0 unspecified atom stereocenters. The number of rotatable bonds is 2. The second-order valence-electron chi connectivity index (χ2n) is 3.23. The molecule has 0 aromatic carbocycles. The van der Waals surface area contributed by atoms with Gasteiger partial charge in [0.05, 0.1) is 24.3 Å². The lowest BCUT2D eigenvalue weighted by molar-refractivity contribution is 0.696. The maximum atomic E-state index is 5.78. The number of hydrogen-bond donors (Lipinski definition) is 1. The SMILES string of the molecule is C[C@@H](N)c1cnnn1-c1cnn(C)c1. The molecule has 2 rings (SSSR count). The van der Waals surface area contributed by atoms with Crippen molar-refractivity contribution in [1.82, 2.24) is 24.8 Å². The summed E-state index contributed by atoms with van der Waals surface area (Å²) in [5.41, 5.74) is 7.52. The van der Waals surface area contributed by atoms with E-state index in [2.05, 4.69) is 15.4 Å². The lowest BCUT2D eigenvalue weighted by Crippen LogP contribution is -2.11. The highest BCUT2D eigenvalue weighted by molar-refractivity contribution is 5.26. The van der Waals surface area contributed by atoms with Crippen LogP contribution in [0.5, 0.6) is 0 Å². The third kappa shape index (κ3) is 1.39. The molecule has 2 aromatic rings. The Hall–Kier alpha value is -1.69. The highest BCUT2D eigenvalue weighted by atomic mass is 15.4. The van der Waals surface area contributed by atoms with Crippen LogP contribution in [0, 0.1) is 0 Å². The molecule has 2 heterocycles. The molecule has 14 heavy (non-hydrogen) atoms. The molecule has 0 aliphatic rings. The van der Waals surface area contributed by atoms with Crippen molar-refractivity contribution in [3.8, 4) is 5.69 Å². The molecule has 0 saturated heterocycles. The Morgan fingerprint density at radius 3 is 2.79 bits per heavy atom. The molecule has 0 radical (unpaired) electrons. The molecule has 6 heteroatoms. The van der Waals surface area contributed by atoms with Crippen molar-refractivity contribution in [1.29, 1.82) is 0 Å². The fourth-order valence-corrected chi connectivity index (χ4v) is 1.27. The lowest BCUT2D eigenvalue weighted by atomic mass is 10.3. The summed E-state index contributed by atoms with van der Waals surface area (Å²) in [6.45, 7) is 1.89.